The summed E-state index contributed by atoms with van der Waals surface area (Å²) in [5.74, 6) is 0.157. The van der Waals surface area contributed by atoms with Crippen molar-refractivity contribution in [2.45, 2.75) is 27.2 Å². The second-order valence-electron chi connectivity index (χ2n) is 6.80. The minimum atomic E-state index is 0.157. The first-order valence-corrected chi connectivity index (χ1v) is 9.52. The van der Waals surface area contributed by atoms with Crippen molar-refractivity contribution in [3.8, 4) is 11.3 Å². The van der Waals surface area contributed by atoms with Crippen LogP contribution in [0.1, 0.15) is 31.9 Å². The average molecular weight is 360 g/mol. The van der Waals surface area contributed by atoms with Crippen LogP contribution in [0.15, 0.2) is 54.2 Å². The summed E-state index contributed by atoms with van der Waals surface area (Å²) >= 11 is 1.51. The van der Waals surface area contributed by atoms with E-state index in [0.717, 1.165) is 38.5 Å². The van der Waals surface area contributed by atoms with E-state index in [1.165, 1.54) is 16.9 Å². The number of Topliss-reactive ketones (excluding diaryl/α,β-unsaturated/α-hetero) is 1. The molecule has 4 heteroatoms. The number of aromatic nitrogens is 2. The first kappa shape index (κ1) is 16.7. The molecule has 0 unspecified atom stereocenters. The van der Waals surface area contributed by atoms with Crippen molar-refractivity contribution >= 4 is 22.8 Å². The summed E-state index contributed by atoms with van der Waals surface area (Å²) in [5.41, 5.74) is 7.24. The fourth-order valence-electron chi connectivity index (χ4n) is 3.23. The van der Waals surface area contributed by atoms with E-state index in [4.69, 9.17) is 4.98 Å². The zero-order valence-electron chi connectivity index (χ0n) is 15.1. The Morgan fingerprint density at radius 2 is 1.81 bits per heavy atom. The smallest absolute Gasteiger partial charge is 0.177 e. The molecule has 0 fully saturated rings. The first-order chi connectivity index (χ1) is 12.5. The monoisotopic (exact) mass is 360 g/mol. The van der Waals surface area contributed by atoms with Gasteiger partial charge < -0.3 is 4.40 Å². The Labute approximate surface area is 157 Å². The highest BCUT2D eigenvalue weighted by molar-refractivity contribution is 7.12. The zero-order valence-corrected chi connectivity index (χ0v) is 15.9. The van der Waals surface area contributed by atoms with E-state index in [-0.39, 0.29) is 5.78 Å². The number of imidazole rings is 1. The Hall–Kier alpha value is -2.72. The minimum absolute atomic E-state index is 0.157. The topological polar surface area (TPSA) is 34.4 Å². The van der Waals surface area contributed by atoms with Gasteiger partial charge in [0.1, 0.15) is 5.65 Å². The number of fused-ring (bicyclic) bond motifs is 1. The van der Waals surface area contributed by atoms with Crippen LogP contribution in [0.2, 0.25) is 0 Å². The van der Waals surface area contributed by atoms with Crippen molar-refractivity contribution in [1.29, 1.82) is 0 Å². The van der Waals surface area contributed by atoms with Crippen molar-refractivity contribution in [2.24, 2.45) is 0 Å². The van der Waals surface area contributed by atoms with E-state index in [9.17, 15) is 4.79 Å². The predicted molar refractivity (Wildman–Crippen MR) is 107 cm³/mol. The number of ketones is 1. The van der Waals surface area contributed by atoms with Gasteiger partial charge in [-0.1, -0.05) is 35.9 Å². The van der Waals surface area contributed by atoms with Crippen LogP contribution in [0.25, 0.3) is 16.9 Å². The lowest BCUT2D eigenvalue weighted by Gasteiger charge is -2.05. The molecule has 0 bridgehead atoms. The maximum Gasteiger partial charge on any atom is 0.177 e. The molecule has 130 valence electrons. The Bertz CT molecular complexity index is 1100. The summed E-state index contributed by atoms with van der Waals surface area (Å²) in [7, 11) is 0. The molecule has 3 heterocycles. The third-order valence-electron chi connectivity index (χ3n) is 4.58. The Kier molecular flexibility index (Phi) is 4.21. The summed E-state index contributed by atoms with van der Waals surface area (Å²) in [6, 6.07) is 12.4. The molecular weight excluding hydrogens is 340 g/mol. The Balaban J connectivity index is 1.76. The molecule has 3 aromatic heterocycles. The molecule has 0 aliphatic carbocycles. The number of carbonyl (C=O) groups excluding carboxylic acids is 1. The summed E-state index contributed by atoms with van der Waals surface area (Å²) < 4.78 is 2.04. The highest BCUT2D eigenvalue weighted by atomic mass is 32.1. The molecule has 4 rings (SSSR count). The Morgan fingerprint density at radius 1 is 1.04 bits per heavy atom. The number of thiophene rings is 1. The van der Waals surface area contributed by atoms with Gasteiger partial charge in [0.15, 0.2) is 5.78 Å². The van der Waals surface area contributed by atoms with E-state index < -0.39 is 0 Å². The van der Waals surface area contributed by atoms with Crippen molar-refractivity contribution < 1.29 is 4.79 Å². The SMILES string of the molecule is Cc1ccc(-c2cn3cc(C)cc(CC(=O)c4sccc4C)c3n2)cc1. The highest BCUT2D eigenvalue weighted by Gasteiger charge is 2.16. The van der Waals surface area contributed by atoms with Gasteiger partial charge in [-0.15, -0.1) is 11.3 Å². The van der Waals surface area contributed by atoms with E-state index >= 15 is 0 Å². The van der Waals surface area contributed by atoms with Crippen LogP contribution < -0.4 is 0 Å². The molecular formula is C22H20N2OS. The third kappa shape index (κ3) is 3.08. The standard InChI is InChI=1S/C22H20N2OS/c1-14-4-6-17(7-5-14)19-13-24-12-15(2)10-18(22(24)23-19)11-20(25)21-16(3)8-9-26-21/h4-10,12-13H,11H2,1-3H3. The van der Waals surface area contributed by atoms with Gasteiger partial charge in [0.05, 0.1) is 10.6 Å². The molecule has 0 saturated heterocycles. The molecule has 0 aliphatic heterocycles. The first-order valence-electron chi connectivity index (χ1n) is 8.64. The van der Waals surface area contributed by atoms with E-state index in [1.807, 2.05) is 29.0 Å². The fourth-order valence-corrected chi connectivity index (χ4v) is 4.10. The molecule has 0 spiro atoms. The van der Waals surface area contributed by atoms with Crippen LogP contribution >= 0.6 is 11.3 Å². The van der Waals surface area contributed by atoms with Gasteiger partial charge in [-0.3, -0.25) is 4.79 Å². The van der Waals surface area contributed by atoms with Gasteiger partial charge in [-0.25, -0.2) is 4.98 Å². The van der Waals surface area contributed by atoms with Gasteiger partial charge >= 0.3 is 0 Å². The van der Waals surface area contributed by atoms with Gasteiger partial charge in [0, 0.05) is 29.9 Å². The predicted octanol–water partition coefficient (Wildman–Crippen LogP) is 5.41. The molecule has 0 amide bonds. The molecule has 0 saturated carbocycles. The molecule has 0 atom stereocenters. The molecule has 0 aliphatic rings. The molecule has 1 aromatic carbocycles. The van der Waals surface area contributed by atoms with Crippen LogP contribution in [-0.4, -0.2) is 15.2 Å². The summed E-state index contributed by atoms with van der Waals surface area (Å²) in [6.07, 6.45) is 4.47. The number of aryl methyl sites for hydroxylation is 3. The lowest BCUT2D eigenvalue weighted by atomic mass is 10.1. The average Bonchev–Trinajstić information content (AvgIpc) is 3.21. The second kappa shape index (κ2) is 6.54. The maximum absolute atomic E-state index is 12.7. The number of hydrogen-bond donors (Lipinski definition) is 0. The number of rotatable bonds is 4. The summed E-state index contributed by atoms with van der Waals surface area (Å²) in [4.78, 5) is 18.4. The van der Waals surface area contributed by atoms with Gasteiger partial charge in [0.25, 0.3) is 0 Å². The van der Waals surface area contributed by atoms with Crippen molar-refractivity contribution in [3.63, 3.8) is 0 Å². The summed E-state index contributed by atoms with van der Waals surface area (Å²) in [6.45, 7) is 6.11. The minimum Gasteiger partial charge on any atom is -0.306 e. The van der Waals surface area contributed by atoms with Gasteiger partial charge in [-0.05, 0) is 43.3 Å². The van der Waals surface area contributed by atoms with Crippen LogP contribution in [0, 0.1) is 20.8 Å². The zero-order chi connectivity index (χ0) is 18.3. The van der Waals surface area contributed by atoms with Crippen LogP contribution in [0.4, 0.5) is 0 Å². The molecule has 0 radical (unpaired) electrons. The van der Waals surface area contributed by atoms with E-state index in [2.05, 4.69) is 50.4 Å². The van der Waals surface area contributed by atoms with Crippen molar-refractivity contribution in [1.82, 2.24) is 9.38 Å². The van der Waals surface area contributed by atoms with Crippen molar-refractivity contribution in [2.75, 3.05) is 0 Å². The number of benzene rings is 1. The lowest BCUT2D eigenvalue weighted by molar-refractivity contribution is 0.0996. The Morgan fingerprint density at radius 3 is 2.50 bits per heavy atom. The quantitative estimate of drug-likeness (QED) is 0.456. The number of carbonyl (C=O) groups is 1. The lowest BCUT2D eigenvalue weighted by Crippen LogP contribution is -2.05. The van der Waals surface area contributed by atoms with E-state index in [1.54, 1.807) is 0 Å². The molecule has 4 aromatic rings. The van der Waals surface area contributed by atoms with Crippen molar-refractivity contribution in [3.05, 3.63) is 81.3 Å². The molecule has 0 N–H and O–H groups in total. The largest absolute Gasteiger partial charge is 0.306 e. The van der Waals surface area contributed by atoms with E-state index in [0.29, 0.717) is 6.42 Å². The van der Waals surface area contributed by atoms with Crippen LogP contribution in [0.3, 0.4) is 0 Å². The molecule has 26 heavy (non-hydrogen) atoms. The second-order valence-corrected chi connectivity index (χ2v) is 7.71. The maximum atomic E-state index is 12.7. The van der Waals surface area contributed by atoms with Gasteiger partial charge in [0.2, 0.25) is 0 Å². The van der Waals surface area contributed by atoms with Crippen LogP contribution in [-0.2, 0) is 6.42 Å². The molecule has 3 nitrogen and oxygen atoms in total. The normalized spacial score (nSPS) is 11.2. The summed E-state index contributed by atoms with van der Waals surface area (Å²) in [5, 5.41) is 1.97. The number of hydrogen-bond acceptors (Lipinski definition) is 3. The van der Waals surface area contributed by atoms with Crippen LogP contribution in [0.5, 0.6) is 0 Å². The fraction of sp³-hybridized carbons (Fsp3) is 0.182. The third-order valence-corrected chi connectivity index (χ3v) is 5.64. The number of pyridine rings is 1. The highest BCUT2D eigenvalue weighted by Crippen LogP contribution is 2.24. The van der Waals surface area contributed by atoms with Gasteiger partial charge in [-0.2, -0.15) is 0 Å². The number of nitrogens with zero attached hydrogens (tertiary/aromatic N) is 2.